The summed E-state index contributed by atoms with van der Waals surface area (Å²) in [5, 5.41) is 3.36. The van der Waals surface area contributed by atoms with Gasteiger partial charge in [-0.05, 0) is 6.07 Å². The van der Waals surface area contributed by atoms with Crippen molar-refractivity contribution in [1.82, 2.24) is 5.32 Å². The average Bonchev–Trinajstić information content (AvgIpc) is 2.39. The summed E-state index contributed by atoms with van der Waals surface area (Å²) in [6, 6.07) is 7.90. The van der Waals surface area contributed by atoms with Crippen molar-refractivity contribution in [1.29, 1.82) is 0 Å². The molecule has 1 aromatic carbocycles. The van der Waals surface area contributed by atoms with Crippen molar-refractivity contribution < 1.29 is 9.47 Å². The van der Waals surface area contributed by atoms with Gasteiger partial charge in [0.05, 0.1) is 26.4 Å². The van der Waals surface area contributed by atoms with Crippen LogP contribution in [0.3, 0.4) is 0 Å². The van der Waals surface area contributed by atoms with Crippen molar-refractivity contribution in [2.24, 2.45) is 5.73 Å². The van der Waals surface area contributed by atoms with Gasteiger partial charge in [-0.25, -0.2) is 0 Å². The zero-order valence-corrected chi connectivity index (χ0v) is 9.48. The number of nitrogens with two attached hydrogens (primary N) is 1. The van der Waals surface area contributed by atoms with Gasteiger partial charge in [-0.1, -0.05) is 18.2 Å². The van der Waals surface area contributed by atoms with Crippen molar-refractivity contribution in [3.8, 4) is 5.75 Å². The highest BCUT2D eigenvalue weighted by molar-refractivity contribution is 5.36. The Balaban J connectivity index is 2.15. The molecule has 1 aliphatic rings. The second-order valence-corrected chi connectivity index (χ2v) is 3.90. The minimum atomic E-state index is -0.101. The molecule has 1 saturated heterocycles. The Kier molecular flexibility index (Phi) is 3.77. The van der Waals surface area contributed by atoms with Gasteiger partial charge in [-0.15, -0.1) is 0 Å². The third-order valence-electron chi connectivity index (χ3n) is 2.88. The number of rotatable bonds is 3. The predicted molar refractivity (Wildman–Crippen MR) is 62.5 cm³/mol. The molecular formula is C12H18N2O2. The molecule has 2 unspecified atom stereocenters. The van der Waals surface area contributed by atoms with E-state index < -0.39 is 0 Å². The highest BCUT2D eigenvalue weighted by Gasteiger charge is 2.23. The number of methoxy groups -OCH3 is 1. The molecule has 1 aliphatic heterocycles. The molecule has 0 spiro atoms. The van der Waals surface area contributed by atoms with Gasteiger partial charge in [-0.3, -0.25) is 0 Å². The Bertz CT molecular complexity index is 338. The third kappa shape index (κ3) is 2.35. The first-order valence-electron chi connectivity index (χ1n) is 5.52. The maximum Gasteiger partial charge on any atom is 0.123 e. The molecule has 0 radical (unpaired) electrons. The molecular weight excluding hydrogens is 204 g/mol. The van der Waals surface area contributed by atoms with Crippen LogP contribution < -0.4 is 15.8 Å². The van der Waals surface area contributed by atoms with Crippen LogP contribution in [0.4, 0.5) is 0 Å². The van der Waals surface area contributed by atoms with E-state index in [2.05, 4.69) is 5.32 Å². The number of nitrogens with one attached hydrogen (secondary N) is 1. The van der Waals surface area contributed by atoms with Gasteiger partial charge in [0.1, 0.15) is 5.75 Å². The van der Waals surface area contributed by atoms with Gasteiger partial charge in [0.15, 0.2) is 0 Å². The minimum absolute atomic E-state index is 0.101. The summed E-state index contributed by atoms with van der Waals surface area (Å²) in [5.74, 6) is 0.836. The van der Waals surface area contributed by atoms with Gasteiger partial charge in [0, 0.05) is 18.2 Å². The van der Waals surface area contributed by atoms with Gasteiger partial charge in [0.2, 0.25) is 0 Å². The van der Waals surface area contributed by atoms with E-state index in [1.54, 1.807) is 7.11 Å². The molecule has 2 atom stereocenters. The molecule has 0 bridgehead atoms. The fourth-order valence-corrected chi connectivity index (χ4v) is 1.97. The Morgan fingerprint density at radius 2 is 2.31 bits per heavy atom. The average molecular weight is 222 g/mol. The molecule has 0 aromatic heterocycles. The normalized spacial score (nSPS) is 22.8. The van der Waals surface area contributed by atoms with Crippen LogP contribution in [-0.2, 0) is 4.74 Å². The van der Waals surface area contributed by atoms with E-state index in [0.29, 0.717) is 6.61 Å². The van der Waals surface area contributed by atoms with Crippen LogP contribution in [0.15, 0.2) is 24.3 Å². The molecule has 88 valence electrons. The number of ether oxygens (including phenoxy) is 2. The van der Waals surface area contributed by atoms with Crippen molar-refractivity contribution in [2.45, 2.75) is 12.1 Å². The quantitative estimate of drug-likeness (QED) is 0.790. The second kappa shape index (κ2) is 5.30. The summed E-state index contributed by atoms with van der Waals surface area (Å²) >= 11 is 0. The fraction of sp³-hybridized carbons (Fsp3) is 0.500. The van der Waals surface area contributed by atoms with Crippen LogP contribution in [0.5, 0.6) is 5.75 Å². The maximum absolute atomic E-state index is 6.22. The van der Waals surface area contributed by atoms with Crippen molar-refractivity contribution in [3.05, 3.63) is 29.8 Å². The van der Waals surface area contributed by atoms with Gasteiger partial charge < -0.3 is 20.5 Å². The Hall–Kier alpha value is -1.10. The molecule has 4 nitrogen and oxygen atoms in total. The summed E-state index contributed by atoms with van der Waals surface area (Å²) in [6.45, 7) is 2.27. The third-order valence-corrected chi connectivity index (χ3v) is 2.88. The van der Waals surface area contributed by atoms with Crippen LogP contribution >= 0.6 is 0 Å². The Labute approximate surface area is 95.7 Å². The predicted octanol–water partition coefficient (Wildman–Crippen LogP) is 0.683. The summed E-state index contributed by atoms with van der Waals surface area (Å²) in [7, 11) is 1.66. The number of benzene rings is 1. The lowest BCUT2D eigenvalue weighted by Crippen LogP contribution is -2.47. The van der Waals surface area contributed by atoms with E-state index in [-0.39, 0.29) is 12.1 Å². The molecule has 1 aromatic rings. The number of hydrogen-bond donors (Lipinski definition) is 2. The zero-order valence-electron chi connectivity index (χ0n) is 9.48. The SMILES string of the molecule is COc1ccccc1C(N)C1COCCN1. The highest BCUT2D eigenvalue weighted by Crippen LogP contribution is 2.25. The summed E-state index contributed by atoms with van der Waals surface area (Å²) in [4.78, 5) is 0. The number of morpholine rings is 1. The van der Waals surface area contributed by atoms with Crippen LogP contribution in [0.2, 0.25) is 0 Å². The first-order valence-corrected chi connectivity index (χ1v) is 5.52. The summed E-state index contributed by atoms with van der Waals surface area (Å²) in [5.41, 5.74) is 7.24. The Morgan fingerprint density at radius 1 is 1.50 bits per heavy atom. The molecule has 0 saturated carbocycles. The van der Waals surface area contributed by atoms with E-state index in [0.717, 1.165) is 24.5 Å². The van der Waals surface area contributed by atoms with E-state index in [4.69, 9.17) is 15.2 Å². The standard InChI is InChI=1S/C12H18N2O2/c1-15-11-5-3-2-4-9(11)12(13)10-8-16-7-6-14-10/h2-5,10,12,14H,6-8,13H2,1H3. The first-order chi connectivity index (χ1) is 7.83. The molecule has 1 heterocycles. The lowest BCUT2D eigenvalue weighted by atomic mass is 9.99. The van der Waals surface area contributed by atoms with Gasteiger partial charge in [0.25, 0.3) is 0 Å². The van der Waals surface area contributed by atoms with Crippen molar-refractivity contribution in [2.75, 3.05) is 26.9 Å². The van der Waals surface area contributed by atoms with E-state index >= 15 is 0 Å². The second-order valence-electron chi connectivity index (χ2n) is 3.90. The number of para-hydroxylation sites is 1. The lowest BCUT2D eigenvalue weighted by Gasteiger charge is -2.29. The Morgan fingerprint density at radius 3 is 3.00 bits per heavy atom. The molecule has 3 N–H and O–H groups in total. The van der Waals surface area contributed by atoms with E-state index in [9.17, 15) is 0 Å². The molecule has 1 fully saturated rings. The minimum Gasteiger partial charge on any atom is -0.496 e. The van der Waals surface area contributed by atoms with Crippen molar-refractivity contribution >= 4 is 0 Å². The monoisotopic (exact) mass is 222 g/mol. The van der Waals surface area contributed by atoms with Crippen LogP contribution in [0, 0.1) is 0 Å². The smallest absolute Gasteiger partial charge is 0.123 e. The zero-order chi connectivity index (χ0) is 11.4. The van der Waals surface area contributed by atoms with Crippen molar-refractivity contribution in [3.63, 3.8) is 0 Å². The fourth-order valence-electron chi connectivity index (χ4n) is 1.97. The molecule has 4 heteroatoms. The maximum atomic E-state index is 6.22. The van der Waals surface area contributed by atoms with Gasteiger partial charge >= 0.3 is 0 Å². The van der Waals surface area contributed by atoms with Crippen LogP contribution in [0.1, 0.15) is 11.6 Å². The van der Waals surface area contributed by atoms with Crippen LogP contribution in [0.25, 0.3) is 0 Å². The van der Waals surface area contributed by atoms with E-state index in [1.807, 2.05) is 24.3 Å². The summed E-state index contributed by atoms with van der Waals surface area (Å²) in [6.07, 6.45) is 0. The molecule has 0 aliphatic carbocycles. The van der Waals surface area contributed by atoms with Crippen LogP contribution in [-0.4, -0.2) is 32.9 Å². The van der Waals surface area contributed by atoms with Gasteiger partial charge in [-0.2, -0.15) is 0 Å². The largest absolute Gasteiger partial charge is 0.496 e. The molecule has 2 rings (SSSR count). The first kappa shape index (κ1) is 11.4. The highest BCUT2D eigenvalue weighted by atomic mass is 16.5. The van der Waals surface area contributed by atoms with E-state index in [1.165, 1.54) is 0 Å². The summed E-state index contributed by atoms with van der Waals surface area (Å²) < 4.78 is 10.7. The number of hydrogen-bond acceptors (Lipinski definition) is 4. The molecule has 0 amide bonds. The lowest BCUT2D eigenvalue weighted by molar-refractivity contribution is 0.0682. The topological polar surface area (TPSA) is 56.5 Å². The molecule has 16 heavy (non-hydrogen) atoms.